The maximum Gasteiger partial charge on any atom is 0.265 e. The number of benzene rings is 2. The van der Waals surface area contributed by atoms with Gasteiger partial charge in [0.05, 0.1) is 5.69 Å². The fourth-order valence-corrected chi connectivity index (χ4v) is 2.83. The Morgan fingerprint density at radius 1 is 1.08 bits per heavy atom. The minimum Gasteiger partial charge on any atom is -0.481 e. The fourth-order valence-electron chi connectivity index (χ4n) is 2.27. The summed E-state index contributed by atoms with van der Waals surface area (Å²) >= 11 is 1.60. The van der Waals surface area contributed by atoms with Gasteiger partial charge in [-0.1, -0.05) is 45.0 Å². The first-order valence-electron chi connectivity index (χ1n) is 8.02. The lowest BCUT2D eigenvalue weighted by Gasteiger charge is -2.20. The first-order chi connectivity index (χ1) is 11.3. The molecule has 0 heterocycles. The SMILES string of the molecule is CSc1ccccc1NC(=O)[C@H](C)Oc1ccc(C(C)(C)C)cc1. The molecule has 0 aliphatic heterocycles. The van der Waals surface area contributed by atoms with Crippen molar-refractivity contribution >= 4 is 23.4 Å². The number of hydrogen-bond acceptors (Lipinski definition) is 3. The molecular weight excluding hydrogens is 318 g/mol. The van der Waals surface area contributed by atoms with Crippen molar-refractivity contribution in [1.82, 2.24) is 0 Å². The highest BCUT2D eigenvalue weighted by Crippen LogP contribution is 2.26. The molecule has 0 bridgehead atoms. The number of ether oxygens (including phenoxy) is 1. The number of anilines is 1. The first kappa shape index (κ1) is 18.4. The molecule has 2 aromatic carbocycles. The summed E-state index contributed by atoms with van der Waals surface area (Å²) in [7, 11) is 0. The smallest absolute Gasteiger partial charge is 0.265 e. The lowest BCUT2D eigenvalue weighted by molar-refractivity contribution is -0.122. The minimum absolute atomic E-state index is 0.100. The Morgan fingerprint density at radius 3 is 2.29 bits per heavy atom. The molecule has 0 aliphatic rings. The zero-order valence-corrected chi connectivity index (χ0v) is 15.7. The van der Waals surface area contributed by atoms with E-state index in [1.807, 2.05) is 54.8 Å². The zero-order valence-electron chi connectivity index (χ0n) is 14.9. The highest BCUT2D eigenvalue weighted by atomic mass is 32.2. The van der Waals surface area contributed by atoms with Crippen LogP contribution in [0.3, 0.4) is 0 Å². The Labute approximate surface area is 148 Å². The lowest BCUT2D eigenvalue weighted by atomic mass is 9.87. The fraction of sp³-hybridized carbons (Fsp3) is 0.350. The molecule has 2 rings (SSSR count). The molecule has 0 fully saturated rings. The molecule has 1 amide bonds. The van der Waals surface area contributed by atoms with Crippen molar-refractivity contribution in [3.63, 3.8) is 0 Å². The van der Waals surface area contributed by atoms with E-state index in [9.17, 15) is 4.79 Å². The van der Waals surface area contributed by atoms with Crippen LogP contribution in [0, 0.1) is 0 Å². The number of amides is 1. The average Bonchev–Trinajstić information content (AvgIpc) is 2.55. The molecule has 0 saturated carbocycles. The van der Waals surface area contributed by atoms with Gasteiger partial charge in [-0.15, -0.1) is 11.8 Å². The molecule has 128 valence electrons. The van der Waals surface area contributed by atoms with E-state index in [1.165, 1.54) is 5.56 Å². The van der Waals surface area contributed by atoms with Crippen molar-refractivity contribution in [2.24, 2.45) is 0 Å². The van der Waals surface area contributed by atoms with Crippen LogP contribution in [-0.2, 0) is 10.2 Å². The predicted octanol–water partition coefficient (Wildman–Crippen LogP) is 5.11. The molecule has 0 unspecified atom stereocenters. The Bertz CT molecular complexity index is 690. The van der Waals surface area contributed by atoms with Gasteiger partial charge in [-0.2, -0.15) is 0 Å². The maximum atomic E-state index is 12.4. The first-order valence-corrected chi connectivity index (χ1v) is 9.25. The van der Waals surface area contributed by atoms with Crippen LogP contribution in [0.4, 0.5) is 5.69 Å². The lowest BCUT2D eigenvalue weighted by Crippen LogP contribution is -2.30. The van der Waals surface area contributed by atoms with Crippen LogP contribution in [0.2, 0.25) is 0 Å². The topological polar surface area (TPSA) is 38.3 Å². The number of carbonyl (C=O) groups excluding carboxylic acids is 1. The third-order valence-corrected chi connectivity index (χ3v) is 4.56. The molecule has 4 heteroatoms. The van der Waals surface area contributed by atoms with Gasteiger partial charge in [0.2, 0.25) is 0 Å². The number of hydrogen-bond donors (Lipinski definition) is 1. The second-order valence-electron chi connectivity index (χ2n) is 6.72. The highest BCUT2D eigenvalue weighted by Gasteiger charge is 2.17. The van der Waals surface area contributed by atoms with Gasteiger partial charge < -0.3 is 10.1 Å². The van der Waals surface area contributed by atoms with Crippen LogP contribution in [-0.4, -0.2) is 18.3 Å². The third-order valence-electron chi connectivity index (χ3n) is 3.77. The zero-order chi connectivity index (χ0) is 17.7. The summed E-state index contributed by atoms with van der Waals surface area (Å²) in [6.45, 7) is 8.26. The third kappa shape index (κ3) is 4.78. The van der Waals surface area contributed by atoms with Gasteiger partial charge in [-0.25, -0.2) is 0 Å². The summed E-state index contributed by atoms with van der Waals surface area (Å²) in [6.07, 6.45) is 1.42. The number of para-hydroxylation sites is 1. The largest absolute Gasteiger partial charge is 0.481 e. The van der Waals surface area contributed by atoms with E-state index in [4.69, 9.17) is 4.74 Å². The van der Waals surface area contributed by atoms with Gasteiger partial charge in [-0.05, 0) is 48.4 Å². The number of rotatable bonds is 5. The summed E-state index contributed by atoms with van der Waals surface area (Å²) < 4.78 is 5.77. The van der Waals surface area contributed by atoms with E-state index in [2.05, 4.69) is 26.1 Å². The Balaban J connectivity index is 2.01. The second-order valence-corrected chi connectivity index (χ2v) is 7.57. The molecule has 1 atom stereocenters. The number of thioether (sulfide) groups is 1. The van der Waals surface area contributed by atoms with Crippen LogP contribution in [0.15, 0.2) is 53.4 Å². The molecule has 0 saturated heterocycles. The number of carbonyl (C=O) groups is 1. The highest BCUT2D eigenvalue weighted by molar-refractivity contribution is 7.98. The molecule has 3 nitrogen and oxygen atoms in total. The summed E-state index contributed by atoms with van der Waals surface area (Å²) in [6, 6.07) is 15.7. The van der Waals surface area contributed by atoms with Crippen LogP contribution in [0.1, 0.15) is 33.3 Å². The van der Waals surface area contributed by atoms with Crippen molar-refractivity contribution in [3.05, 3.63) is 54.1 Å². The Kier molecular flexibility index (Phi) is 5.94. The number of nitrogens with one attached hydrogen (secondary N) is 1. The van der Waals surface area contributed by atoms with Crippen molar-refractivity contribution in [2.45, 2.75) is 44.1 Å². The minimum atomic E-state index is -0.569. The molecule has 0 aliphatic carbocycles. The van der Waals surface area contributed by atoms with Gasteiger partial charge in [0.1, 0.15) is 5.75 Å². The van der Waals surface area contributed by atoms with E-state index in [-0.39, 0.29) is 11.3 Å². The van der Waals surface area contributed by atoms with Crippen LogP contribution in [0.5, 0.6) is 5.75 Å². The summed E-state index contributed by atoms with van der Waals surface area (Å²) in [4.78, 5) is 13.4. The molecule has 0 spiro atoms. The van der Waals surface area contributed by atoms with Crippen LogP contribution in [0.25, 0.3) is 0 Å². The van der Waals surface area contributed by atoms with Gasteiger partial charge in [0.15, 0.2) is 6.10 Å². The van der Waals surface area contributed by atoms with E-state index < -0.39 is 6.10 Å². The quantitative estimate of drug-likeness (QED) is 0.767. The molecule has 1 N–H and O–H groups in total. The van der Waals surface area contributed by atoms with Crippen molar-refractivity contribution in [2.75, 3.05) is 11.6 Å². The molecular formula is C20H25NO2S. The Hall–Kier alpha value is -1.94. The van der Waals surface area contributed by atoms with Gasteiger partial charge in [0.25, 0.3) is 5.91 Å². The van der Waals surface area contributed by atoms with Crippen LogP contribution < -0.4 is 10.1 Å². The van der Waals surface area contributed by atoms with Crippen LogP contribution >= 0.6 is 11.8 Å². The van der Waals surface area contributed by atoms with Crippen molar-refractivity contribution in [1.29, 1.82) is 0 Å². The van der Waals surface area contributed by atoms with Gasteiger partial charge in [0, 0.05) is 4.90 Å². The monoisotopic (exact) mass is 343 g/mol. The normalized spacial score (nSPS) is 12.5. The van der Waals surface area contributed by atoms with Gasteiger partial charge >= 0.3 is 0 Å². The van der Waals surface area contributed by atoms with Crippen molar-refractivity contribution in [3.8, 4) is 5.75 Å². The van der Waals surface area contributed by atoms with E-state index in [1.54, 1.807) is 18.7 Å². The predicted molar refractivity (Wildman–Crippen MR) is 102 cm³/mol. The van der Waals surface area contributed by atoms with E-state index >= 15 is 0 Å². The van der Waals surface area contributed by atoms with Crippen molar-refractivity contribution < 1.29 is 9.53 Å². The molecule has 24 heavy (non-hydrogen) atoms. The van der Waals surface area contributed by atoms with E-state index in [0.717, 1.165) is 10.6 Å². The standard InChI is InChI=1S/C20H25NO2S/c1-14(19(22)21-17-8-6-7-9-18(17)24-5)23-16-12-10-15(11-13-16)20(2,3)4/h6-14H,1-5H3,(H,21,22)/t14-/m0/s1. The summed E-state index contributed by atoms with van der Waals surface area (Å²) in [5.41, 5.74) is 2.15. The van der Waals surface area contributed by atoms with Gasteiger partial charge in [-0.3, -0.25) is 4.79 Å². The summed E-state index contributed by atoms with van der Waals surface area (Å²) in [5.74, 6) is 0.542. The van der Waals surface area contributed by atoms with E-state index in [0.29, 0.717) is 5.75 Å². The second kappa shape index (κ2) is 7.75. The molecule has 0 radical (unpaired) electrons. The summed E-state index contributed by atoms with van der Waals surface area (Å²) in [5, 5.41) is 2.93. The molecule has 0 aromatic heterocycles. The average molecular weight is 343 g/mol. The molecule has 2 aromatic rings. The maximum absolute atomic E-state index is 12.4. The Morgan fingerprint density at radius 2 is 1.71 bits per heavy atom.